The zero-order chi connectivity index (χ0) is 9.97. The summed E-state index contributed by atoms with van der Waals surface area (Å²) in [5.41, 5.74) is 1.67. The maximum atomic E-state index is 11.4. The summed E-state index contributed by atoms with van der Waals surface area (Å²) in [6, 6.07) is 5.48. The Morgan fingerprint density at radius 1 is 1.43 bits per heavy atom. The molecule has 0 spiro atoms. The largest absolute Gasteiger partial charge is 0.492 e. The molecule has 3 nitrogen and oxygen atoms in total. The van der Waals surface area contributed by atoms with Gasteiger partial charge in [0.25, 0.3) is 0 Å². The van der Waals surface area contributed by atoms with Crippen LogP contribution in [0.25, 0.3) is 0 Å². The summed E-state index contributed by atoms with van der Waals surface area (Å²) in [7, 11) is 0. The van der Waals surface area contributed by atoms with E-state index in [-0.39, 0.29) is 12.4 Å². The number of hydrogen-bond acceptors (Lipinski definition) is 3. The molecule has 1 aromatic rings. The third-order valence-electron chi connectivity index (χ3n) is 2.33. The highest BCUT2D eigenvalue weighted by Crippen LogP contribution is 2.25. The van der Waals surface area contributed by atoms with E-state index in [1.165, 1.54) is 0 Å². The van der Waals surface area contributed by atoms with Crippen molar-refractivity contribution >= 4 is 5.78 Å². The fourth-order valence-electron chi connectivity index (χ4n) is 1.59. The Bertz CT molecular complexity index is 358. The lowest BCUT2D eigenvalue weighted by atomic mass is 10.0. The van der Waals surface area contributed by atoms with E-state index in [9.17, 15) is 4.79 Å². The van der Waals surface area contributed by atoms with E-state index < -0.39 is 0 Å². The average Bonchev–Trinajstić information content (AvgIpc) is 2.18. The molecule has 2 rings (SSSR count). The van der Waals surface area contributed by atoms with E-state index in [0.717, 1.165) is 5.56 Å². The van der Waals surface area contributed by atoms with E-state index in [2.05, 4.69) is 0 Å². The lowest BCUT2D eigenvalue weighted by molar-refractivity contribution is 0.0933. The smallest absolute Gasteiger partial charge is 0.169 e. The Morgan fingerprint density at radius 2 is 2.29 bits per heavy atom. The second-order valence-corrected chi connectivity index (χ2v) is 3.33. The number of hydrogen-bond donors (Lipinski definition) is 1. The molecule has 1 N–H and O–H groups in total. The number of carbonyl (C=O) groups excluding carboxylic acids is 1. The normalized spacial score (nSPS) is 14.8. The average molecular weight is 192 g/mol. The van der Waals surface area contributed by atoms with Crippen LogP contribution in [0.4, 0.5) is 0 Å². The maximum absolute atomic E-state index is 11.4. The Balaban J connectivity index is 2.34. The first-order valence-electron chi connectivity index (χ1n) is 4.71. The number of aliphatic hydroxyl groups excluding tert-OH is 1. The SMILES string of the molecule is O=C1CCOc2cc(CCO)ccc21. The highest BCUT2D eigenvalue weighted by atomic mass is 16.5. The monoisotopic (exact) mass is 192 g/mol. The molecule has 0 fully saturated rings. The second-order valence-electron chi connectivity index (χ2n) is 3.33. The van der Waals surface area contributed by atoms with E-state index in [4.69, 9.17) is 9.84 Å². The Hall–Kier alpha value is -1.35. The van der Waals surface area contributed by atoms with Gasteiger partial charge in [-0.1, -0.05) is 6.07 Å². The van der Waals surface area contributed by atoms with Crippen molar-refractivity contribution in [2.75, 3.05) is 13.2 Å². The molecule has 0 aromatic heterocycles. The molecular weight excluding hydrogens is 180 g/mol. The van der Waals surface area contributed by atoms with Gasteiger partial charge in [0.2, 0.25) is 0 Å². The lowest BCUT2D eigenvalue weighted by Gasteiger charge is -2.16. The molecule has 74 valence electrons. The summed E-state index contributed by atoms with van der Waals surface area (Å²) >= 11 is 0. The van der Waals surface area contributed by atoms with Gasteiger partial charge in [0.1, 0.15) is 5.75 Å². The van der Waals surface area contributed by atoms with Crippen molar-refractivity contribution in [1.29, 1.82) is 0 Å². The molecule has 0 aliphatic carbocycles. The van der Waals surface area contributed by atoms with Crippen molar-refractivity contribution in [1.82, 2.24) is 0 Å². The molecule has 0 atom stereocenters. The summed E-state index contributed by atoms with van der Waals surface area (Å²) in [5.74, 6) is 0.800. The minimum atomic E-state index is 0.118. The maximum Gasteiger partial charge on any atom is 0.169 e. The van der Waals surface area contributed by atoms with Crippen molar-refractivity contribution in [3.63, 3.8) is 0 Å². The molecule has 3 heteroatoms. The summed E-state index contributed by atoms with van der Waals surface area (Å²) in [4.78, 5) is 11.4. The van der Waals surface area contributed by atoms with Crippen LogP contribution in [-0.4, -0.2) is 24.1 Å². The van der Waals surface area contributed by atoms with Crippen LogP contribution in [0.3, 0.4) is 0 Å². The Labute approximate surface area is 82.3 Å². The van der Waals surface area contributed by atoms with Crippen LogP contribution in [0.1, 0.15) is 22.3 Å². The zero-order valence-corrected chi connectivity index (χ0v) is 7.82. The molecule has 14 heavy (non-hydrogen) atoms. The first-order chi connectivity index (χ1) is 6.81. The van der Waals surface area contributed by atoms with Crippen LogP contribution in [0.5, 0.6) is 5.75 Å². The summed E-state index contributed by atoms with van der Waals surface area (Å²) in [5, 5.41) is 8.77. The van der Waals surface area contributed by atoms with Crippen molar-refractivity contribution in [2.24, 2.45) is 0 Å². The first-order valence-corrected chi connectivity index (χ1v) is 4.71. The second kappa shape index (κ2) is 3.80. The molecule has 1 aliphatic rings. The quantitative estimate of drug-likeness (QED) is 0.765. The van der Waals surface area contributed by atoms with Crippen molar-refractivity contribution in [3.8, 4) is 5.75 Å². The fourth-order valence-corrected chi connectivity index (χ4v) is 1.59. The Morgan fingerprint density at radius 3 is 3.07 bits per heavy atom. The van der Waals surface area contributed by atoms with Crippen molar-refractivity contribution < 1.29 is 14.6 Å². The molecule has 0 amide bonds. The van der Waals surface area contributed by atoms with Crippen LogP contribution < -0.4 is 4.74 Å². The van der Waals surface area contributed by atoms with Gasteiger partial charge in [-0.15, -0.1) is 0 Å². The Kier molecular flexibility index (Phi) is 2.50. The number of aliphatic hydroxyl groups is 1. The molecule has 0 saturated carbocycles. The number of ketones is 1. The van der Waals surface area contributed by atoms with Gasteiger partial charge in [-0.25, -0.2) is 0 Å². The molecule has 0 saturated heterocycles. The van der Waals surface area contributed by atoms with Gasteiger partial charge in [-0.05, 0) is 24.1 Å². The standard InChI is InChI=1S/C11H12O3/c12-5-3-8-1-2-9-10(13)4-6-14-11(9)7-8/h1-2,7,12H,3-6H2. The zero-order valence-electron chi connectivity index (χ0n) is 7.82. The minimum Gasteiger partial charge on any atom is -0.492 e. The van der Waals surface area contributed by atoms with E-state index >= 15 is 0 Å². The predicted molar refractivity (Wildman–Crippen MR) is 51.7 cm³/mol. The fraction of sp³-hybridized carbons (Fsp3) is 0.364. The number of Topliss-reactive ketones (excluding diaryl/α,β-unsaturated/α-hetero) is 1. The topological polar surface area (TPSA) is 46.5 Å². The lowest BCUT2D eigenvalue weighted by Crippen LogP contribution is -2.15. The van der Waals surface area contributed by atoms with Gasteiger partial charge < -0.3 is 9.84 Å². The molecule has 0 radical (unpaired) electrons. The number of ether oxygens (including phenoxy) is 1. The third-order valence-corrected chi connectivity index (χ3v) is 2.33. The molecule has 1 aliphatic heterocycles. The highest BCUT2D eigenvalue weighted by molar-refractivity contribution is 5.99. The number of benzene rings is 1. The van der Waals surface area contributed by atoms with Crippen molar-refractivity contribution in [3.05, 3.63) is 29.3 Å². The number of fused-ring (bicyclic) bond motifs is 1. The van der Waals surface area contributed by atoms with Crippen LogP contribution in [0.15, 0.2) is 18.2 Å². The van der Waals surface area contributed by atoms with Crippen LogP contribution in [0.2, 0.25) is 0 Å². The van der Waals surface area contributed by atoms with E-state index in [1.54, 1.807) is 6.07 Å². The van der Waals surface area contributed by atoms with Crippen LogP contribution >= 0.6 is 0 Å². The van der Waals surface area contributed by atoms with Gasteiger partial charge in [-0.2, -0.15) is 0 Å². The highest BCUT2D eigenvalue weighted by Gasteiger charge is 2.17. The van der Waals surface area contributed by atoms with E-state index in [1.807, 2.05) is 12.1 Å². The summed E-state index contributed by atoms with van der Waals surface area (Å²) < 4.78 is 5.38. The molecule has 0 unspecified atom stereocenters. The van der Waals surface area contributed by atoms with E-state index in [0.29, 0.717) is 30.8 Å². The van der Waals surface area contributed by atoms with Crippen LogP contribution in [0, 0.1) is 0 Å². The molecule has 1 heterocycles. The number of carbonyl (C=O) groups is 1. The van der Waals surface area contributed by atoms with Gasteiger partial charge in [-0.3, -0.25) is 4.79 Å². The van der Waals surface area contributed by atoms with Gasteiger partial charge in [0.05, 0.1) is 12.2 Å². The predicted octanol–water partition coefficient (Wildman–Crippen LogP) is 1.19. The minimum absolute atomic E-state index is 0.118. The first kappa shape index (κ1) is 9.21. The van der Waals surface area contributed by atoms with Gasteiger partial charge >= 0.3 is 0 Å². The summed E-state index contributed by atoms with van der Waals surface area (Å²) in [6.45, 7) is 0.584. The van der Waals surface area contributed by atoms with Crippen molar-refractivity contribution in [2.45, 2.75) is 12.8 Å². The van der Waals surface area contributed by atoms with Gasteiger partial charge in [0.15, 0.2) is 5.78 Å². The summed E-state index contributed by atoms with van der Waals surface area (Å²) in [6.07, 6.45) is 1.07. The molecular formula is C11H12O3. The molecule has 0 bridgehead atoms. The molecule has 1 aromatic carbocycles. The third kappa shape index (κ3) is 1.63. The number of rotatable bonds is 2. The van der Waals surface area contributed by atoms with Crippen LogP contribution in [-0.2, 0) is 6.42 Å². The van der Waals surface area contributed by atoms with Gasteiger partial charge in [0, 0.05) is 13.0 Å².